The van der Waals surface area contributed by atoms with Gasteiger partial charge in [0.05, 0.1) is 12.4 Å². The summed E-state index contributed by atoms with van der Waals surface area (Å²) in [6.45, 7) is 1.99. The molecule has 0 bridgehead atoms. The van der Waals surface area contributed by atoms with E-state index in [1.807, 2.05) is 30.3 Å². The monoisotopic (exact) mass is 392 g/mol. The number of rotatable bonds is 5. The molecule has 0 aliphatic carbocycles. The predicted molar refractivity (Wildman–Crippen MR) is 97.3 cm³/mol. The molecule has 27 heavy (non-hydrogen) atoms. The van der Waals surface area contributed by atoms with Crippen LogP contribution in [0.25, 0.3) is 0 Å². The second-order valence-corrected chi connectivity index (χ2v) is 8.29. The van der Waals surface area contributed by atoms with E-state index in [2.05, 4.69) is 4.98 Å². The summed E-state index contributed by atoms with van der Waals surface area (Å²) >= 11 is 0. The Hall–Kier alpha value is -2.68. The Morgan fingerprint density at radius 2 is 2.00 bits per heavy atom. The molecule has 0 amide bonds. The van der Waals surface area contributed by atoms with Crippen LogP contribution >= 0.6 is 0 Å². The van der Waals surface area contributed by atoms with E-state index in [9.17, 15) is 18.0 Å². The highest BCUT2D eigenvalue weighted by Crippen LogP contribution is 2.19. The summed E-state index contributed by atoms with van der Waals surface area (Å²) in [7, 11) is -3.39. The molecule has 0 atom stereocenters. The van der Waals surface area contributed by atoms with Gasteiger partial charge in [-0.3, -0.25) is 9.36 Å². The van der Waals surface area contributed by atoms with Crippen LogP contribution in [0.3, 0.4) is 0 Å². The second kappa shape index (κ2) is 7.91. The van der Waals surface area contributed by atoms with Crippen LogP contribution in [0.5, 0.6) is 5.75 Å². The zero-order valence-electron chi connectivity index (χ0n) is 14.9. The number of ether oxygens (including phenoxy) is 2. The van der Waals surface area contributed by atoms with Gasteiger partial charge in [0.2, 0.25) is 5.75 Å². The average molecular weight is 392 g/mol. The lowest BCUT2D eigenvalue weighted by molar-refractivity contribution is 0.0512. The topological polar surface area (TPSA) is 105 Å². The molecule has 3 rings (SSSR count). The molecule has 8 nitrogen and oxygen atoms in total. The number of carbonyl (C=O) groups excluding carboxylic acids is 1. The van der Waals surface area contributed by atoms with Crippen molar-refractivity contribution in [1.29, 1.82) is 0 Å². The Bertz CT molecular complexity index is 999. The van der Waals surface area contributed by atoms with Crippen LogP contribution in [0, 0.1) is 0 Å². The van der Waals surface area contributed by atoms with E-state index in [-0.39, 0.29) is 42.8 Å². The summed E-state index contributed by atoms with van der Waals surface area (Å²) in [4.78, 5) is 29.4. The maximum Gasteiger partial charge on any atom is 0.361 e. The van der Waals surface area contributed by atoms with Gasteiger partial charge >= 0.3 is 5.97 Å². The van der Waals surface area contributed by atoms with Crippen molar-refractivity contribution in [2.75, 3.05) is 12.4 Å². The molecule has 2 aromatic rings. The van der Waals surface area contributed by atoms with Crippen molar-refractivity contribution in [2.24, 2.45) is 0 Å². The number of hydrogen-bond donors (Lipinski definition) is 0. The number of fused-ring (bicyclic) bond motifs is 1. The van der Waals surface area contributed by atoms with Gasteiger partial charge < -0.3 is 9.47 Å². The minimum atomic E-state index is -3.39. The lowest BCUT2D eigenvalue weighted by Gasteiger charge is -2.15. The summed E-state index contributed by atoms with van der Waals surface area (Å²) in [5, 5.41) is 0. The molecule has 144 valence electrons. The van der Waals surface area contributed by atoms with Crippen molar-refractivity contribution in [3.8, 4) is 5.75 Å². The van der Waals surface area contributed by atoms with Gasteiger partial charge in [-0.1, -0.05) is 30.3 Å². The summed E-state index contributed by atoms with van der Waals surface area (Å²) < 4.78 is 36.0. The van der Waals surface area contributed by atoms with Crippen LogP contribution in [0.15, 0.2) is 35.1 Å². The molecule has 1 aliphatic heterocycles. The van der Waals surface area contributed by atoms with Crippen LogP contribution in [0.4, 0.5) is 0 Å². The minimum absolute atomic E-state index is 0.0348. The fourth-order valence-corrected chi connectivity index (χ4v) is 4.16. The Kier molecular flexibility index (Phi) is 5.59. The highest BCUT2D eigenvalue weighted by molar-refractivity contribution is 7.90. The largest absolute Gasteiger partial charge is 0.481 e. The van der Waals surface area contributed by atoms with Gasteiger partial charge in [-0.15, -0.1) is 0 Å². The van der Waals surface area contributed by atoms with E-state index in [4.69, 9.17) is 9.47 Å². The van der Waals surface area contributed by atoms with E-state index in [0.717, 1.165) is 5.56 Å². The molecule has 0 fully saturated rings. The van der Waals surface area contributed by atoms with E-state index in [0.29, 0.717) is 6.42 Å². The molecule has 0 radical (unpaired) electrons. The highest BCUT2D eigenvalue weighted by Gasteiger charge is 2.28. The Morgan fingerprint density at radius 1 is 1.26 bits per heavy atom. The van der Waals surface area contributed by atoms with Crippen LogP contribution in [-0.2, 0) is 33.5 Å². The second-order valence-electron chi connectivity index (χ2n) is 6.10. The van der Waals surface area contributed by atoms with Crippen LogP contribution < -0.4 is 10.3 Å². The maximum atomic E-state index is 12.9. The van der Waals surface area contributed by atoms with Gasteiger partial charge in [0.1, 0.15) is 18.2 Å². The van der Waals surface area contributed by atoms with Crippen LogP contribution in [0.1, 0.15) is 35.2 Å². The summed E-state index contributed by atoms with van der Waals surface area (Å²) in [6.07, 6.45) is 0.299. The normalized spacial score (nSPS) is 15.4. The number of aromatic nitrogens is 2. The Morgan fingerprint density at radius 3 is 2.70 bits per heavy atom. The zero-order chi connectivity index (χ0) is 19.4. The minimum Gasteiger partial charge on any atom is -0.481 e. The average Bonchev–Trinajstić information content (AvgIpc) is 2.79. The predicted octanol–water partition coefficient (Wildman–Crippen LogP) is 1.32. The van der Waals surface area contributed by atoms with Crippen LogP contribution in [0.2, 0.25) is 0 Å². The Labute approximate surface area is 156 Å². The fourth-order valence-electron chi connectivity index (χ4n) is 2.83. The van der Waals surface area contributed by atoms with Crippen molar-refractivity contribution in [3.05, 3.63) is 57.8 Å². The lowest BCUT2D eigenvalue weighted by atomic mass is 10.2. The number of benzene rings is 1. The van der Waals surface area contributed by atoms with E-state index >= 15 is 0 Å². The molecule has 0 saturated carbocycles. The van der Waals surface area contributed by atoms with E-state index < -0.39 is 27.1 Å². The van der Waals surface area contributed by atoms with Gasteiger partial charge in [0.15, 0.2) is 15.5 Å². The fraction of sp³-hybridized carbons (Fsp3) is 0.389. The third kappa shape index (κ3) is 4.36. The zero-order valence-corrected chi connectivity index (χ0v) is 15.7. The van der Waals surface area contributed by atoms with Crippen molar-refractivity contribution < 1.29 is 22.7 Å². The van der Waals surface area contributed by atoms with E-state index in [1.54, 1.807) is 6.92 Å². The summed E-state index contributed by atoms with van der Waals surface area (Å²) in [6, 6.07) is 9.17. The number of hydrogen-bond acceptors (Lipinski definition) is 7. The Balaban J connectivity index is 2.06. The van der Waals surface area contributed by atoms with Crippen molar-refractivity contribution in [3.63, 3.8) is 0 Å². The standard InChI is InChI=1S/C18H20N2O6S/c1-2-25-18(22)15-16(26-11-13-7-4-3-5-8-13)17(21)20-9-6-10-27(23,24)12-14(20)19-15/h3-5,7-8H,2,6,9-12H2,1H3. The lowest BCUT2D eigenvalue weighted by Crippen LogP contribution is -2.29. The highest BCUT2D eigenvalue weighted by atomic mass is 32.2. The van der Waals surface area contributed by atoms with E-state index in [1.165, 1.54) is 4.57 Å². The number of carbonyl (C=O) groups is 1. The molecular formula is C18H20N2O6S. The third-order valence-electron chi connectivity index (χ3n) is 4.09. The van der Waals surface area contributed by atoms with Crippen molar-refractivity contribution >= 4 is 15.8 Å². The molecule has 0 N–H and O–H groups in total. The molecule has 9 heteroatoms. The third-order valence-corrected chi connectivity index (χ3v) is 5.70. The van der Waals surface area contributed by atoms with Gasteiger partial charge in [-0.2, -0.15) is 0 Å². The first-order valence-corrected chi connectivity index (χ1v) is 10.4. The number of nitrogens with zero attached hydrogens (tertiary/aromatic N) is 2. The first-order valence-electron chi connectivity index (χ1n) is 8.59. The smallest absolute Gasteiger partial charge is 0.361 e. The molecule has 1 aromatic carbocycles. The summed E-state index contributed by atoms with van der Waals surface area (Å²) in [5.41, 5.74) is -0.0496. The first-order chi connectivity index (χ1) is 12.9. The van der Waals surface area contributed by atoms with Crippen molar-refractivity contribution in [2.45, 2.75) is 32.2 Å². The van der Waals surface area contributed by atoms with Gasteiger partial charge in [0.25, 0.3) is 5.56 Å². The maximum absolute atomic E-state index is 12.9. The molecule has 0 spiro atoms. The summed E-state index contributed by atoms with van der Waals surface area (Å²) in [5.74, 6) is -1.44. The number of sulfone groups is 1. The molecule has 0 saturated heterocycles. The molecule has 1 aromatic heterocycles. The molecule has 1 aliphatic rings. The molecule has 2 heterocycles. The van der Waals surface area contributed by atoms with Gasteiger partial charge in [-0.05, 0) is 18.9 Å². The first kappa shape index (κ1) is 19.1. The molecule has 0 unspecified atom stereocenters. The number of esters is 1. The SMILES string of the molecule is CCOC(=O)c1nc2n(c(=O)c1OCc1ccccc1)CCCS(=O)(=O)C2. The van der Waals surface area contributed by atoms with Gasteiger partial charge in [0, 0.05) is 6.54 Å². The quantitative estimate of drug-likeness (QED) is 0.707. The molecular weight excluding hydrogens is 372 g/mol. The van der Waals surface area contributed by atoms with Crippen LogP contribution in [-0.4, -0.2) is 36.3 Å². The van der Waals surface area contributed by atoms with Gasteiger partial charge in [-0.25, -0.2) is 18.2 Å². The van der Waals surface area contributed by atoms with Crippen molar-refractivity contribution in [1.82, 2.24) is 9.55 Å².